The van der Waals surface area contributed by atoms with Crippen molar-refractivity contribution in [2.75, 3.05) is 6.61 Å². The smallest absolute Gasteiger partial charge is 0.264 e. The van der Waals surface area contributed by atoms with E-state index in [1.54, 1.807) is 38.1 Å². The molecule has 6 heteroatoms. The van der Waals surface area contributed by atoms with Gasteiger partial charge < -0.3 is 20.4 Å². The van der Waals surface area contributed by atoms with Gasteiger partial charge >= 0.3 is 0 Å². The van der Waals surface area contributed by atoms with Crippen LogP contribution >= 0.6 is 0 Å². The summed E-state index contributed by atoms with van der Waals surface area (Å²) in [6.07, 6.45) is -0.458. The number of nitrogens with one attached hydrogen (secondary N) is 1. The Bertz CT molecular complexity index is 540. The predicted molar refractivity (Wildman–Crippen MR) is 73.4 cm³/mol. The molecule has 0 aliphatic carbocycles. The third kappa shape index (κ3) is 3.08. The molecule has 0 fully saturated rings. The first kappa shape index (κ1) is 14.3. The third-order valence-electron chi connectivity index (χ3n) is 3.03. The summed E-state index contributed by atoms with van der Waals surface area (Å²) in [5.74, 6) is -0.232. The van der Waals surface area contributed by atoms with Crippen LogP contribution in [-0.4, -0.2) is 40.1 Å². The fourth-order valence-electron chi connectivity index (χ4n) is 1.85. The number of para-hydroxylation sites is 1. The highest BCUT2D eigenvalue weighted by Crippen LogP contribution is 2.23. The lowest BCUT2D eigenvalue weighted by atomic mass is 10.0. The van der Waals surface area contributed by atoms with Gasteiger partial charge in [0, 0.05) is 12.0 Å². The van der Waals surface area contributed by atoms with Crippen LogP contribution in [0.4, 0.5) is 0 Å². The van der Waals surface area contributed by atoms with Gasteiger partial charge in [-0.15, -0.1) is 0 Å². The molecule has 0 saturated heterocycles. The Labute approximate surface area is 117 Å². The number of amides is 1. The van der Waals surface area contributed by atoms with Crippen LogP contribution in [0.1, 0.15) is 25.8 Å². The van der Waals surface area contributed by atoms with E-state index in [9.17, 15) is 9.90 Å². The number of benzene rings is 1. The molecule has 1 aromatic rings. The maximum absolute atomic E-state index is 12.0. The number of nitrogens with zero attached hydrogens (tertiary/aromatic N) is 1. The molecule has 1 aliphatic heterocycles. The summed E-state index contributed by atoms with van der Waals surface area (Å²) in [6, 6.07) is 6.76. The summed E-state index contributed by atoms with van der Waals surface area (Å²) in [5, 5.41) is 25.4. The van der Waals surface area contributed by atoms with Crippen LogP contribution in [0, 0.1) is 0 Å². The number of hydrogen-bond donors (Lipinski definition) is 3. The van der Waals surface area contributed by atoms with Gasteiger partial charge in [-0.25, -0.2) is 0 Å². The maximum Gasteiger partial charge on any atom is 0.264 e. The van der Waals surface area contributed by atoms with Crippen LogP contribution in [0.5, 0.6) is 5.75 Å². The molecule has 0 saturated carbocycles. The molecule has 0 radical (unpaired) electrons. The highest BCUT2D eigenvalue weighted by Gasteiger charge is 2.32. The van der Waals surface area contributed by atoms with E-state index in [-0.39, 0.29) is 24.7 Å². The van der Waals surface area contributed by atoms with Crippen molar-refractivity contribution >= 4 is 11.6 Å². The van der Waals surface area contributed by atoms with Gasteiger partial charge in [-0.05, 0) is 26.0 Å². The average molecular weight is 278 g/mol. The molecule has 108 valence electrons. The molecular weight excluding hydrogens is 260 g/mol. The van der Waals surface area contributed by atoms with E-state index in [0.717, 1.165) is 0 Å². The zero-order chi connectivity index (χ0) is 14.8. The second-order valence-electron chi connectivity index (χ2n) is 5.38. The number of carbonyl (C=O) groups excluding carboxylic acids is 1. The fraction of sp³-hybridized carbons (Fsp3) is 0.429. The molecular formula is C14H18N2O4. The number of aliphatic hydroxyl groups is 1. The lowest BCUT2D eigenvalue weighted by Crippen LogP contribution is -2.50. The van der Waals surface area contributed by atoms with E-state index < -0.39 is 11.6 Å². The Morgan fingerprint density at radius 3 is 2.85 bits per heavy atom. The fourth-order valence-corrected chi connectivity index (χ4v) is 1.85. The lowest BCUT2D eigenvalue weighted by Gasteiger charge is -2.24. The second-order valence-corrected chi connectivity index (χ2v) is 5.38. The molecule has 20 heavy (non-hydrogen) atoms. The number of hydrogen-bond acceptors (Lipinski definition) is 5. The molecule has 1 amide bonds. The standard InChI is InChI=1S/C14H18N2O4/c1-14(2,8-17)15-13(19)12-7-10(16-20-12)9-5-3-4-6-11(9)18/h3-6,12,17-18H,7-8H2,1-2H3,(H,15,19)/t12-/m1/s1. The Morgan fingerprint density at radius 1 is 1.50 bits per heavy atom. The normalized spacial score (nSPS) is 18.4. The van der Waals surface area contributed by atoms with E-state index in [2.05, 4.69) is 10.5 Å². The minimum absolute atomic E-state index is 0.103. The van der Waals surface area contributed by atoms with Crippen molar-refractivity contribution in [1.29, 1.82) is 0 Å². The van der Waals surface area contributed by atoms with Crippen molar-refractivity contribution in [3.8, 4) is 5.75 Å². The first-order chi connectivity index (χ1) is 9.43. The minimum atomic E-state index is -0.740. The van der Waals surface area contributed by atoms with Crippen molar-refractivity contribution < 1.29 is 19.8 Å². The van der Waals surface area contributed by atoms with E-state index in [1.165, 1.54) is 0 Å². The summed E-state index contributed by atoms with van der Waals surface area (Å²) in [6.45, 7) is 3.26. The summed E-state index contributed by atoms with van der Waals surface area (Å²) < 4.78 is 0. The van der Waals surface area contributed by atoms with Gasteiger partial charge in [0.1, 0.15) is 5.75 Å². The van der Waals surface area contributed by atoms with Crippen molar-refractivity contribution in [2.24, 2.45) is 5.16 Å². The van der Waals surface area contributed by atoms with Gasteiger partial charge in [0.25, 0.3) is 5.91 Å². The van der Waals surface area contributed by atoms with Gasteiger partial charge in [-0.3, -0.25) is 4.79 Å². The summed E-state index contributed by atoms with van der Waals surface area (Å²) in [7, 11) is 0. The predicted octanol–water partition coefficient (Wildman–Crippen LogP) is 0.772. The Balaban J connectivity index is 2.02. The summed E-state index contributed by atoms with van der Waals surface area (Å²) >= 11 is 0. The molecule has 0 bridgehead atoms. The molecule has 1 aliphatic rings. The molecule has 3 N–H and O–H groups in total. The van der Waals surface area contributed by atoms with Gasteiger partial charge in [-0.1, -0.05) is 17.3 Å². The summed E-state index contributed by atoms with van der Waals surface area (Å²) in [4.78, 5) is 17.1. The van der Waals surface area contributed by atoms with Crippen LogP contribution in [0.3, 0.4) is 0 Å². The largest absolute Gasteiger partial charge is 0.507 e. The average Bonchev–Trinajstić information content (AvgIpc) is 2.88. The van der Waals surface area contributed by atoms with Crippen molar-refractivity contribution in [3.05, 3.63) is 29.8 Å². The number of aliphatic hydroxyl groups excluding tert-OH is 1. The molecule has 1 heterocycles. The molecule has 1 atom stereocenters. The van der Waals surface area contributed by atoms with Crippen molar-refractivity contribution in [1.82, 2.24) is 5.32 Å². The Kier molecular flexibility index (Phi) is 3.94. The Morgan fingerprint density at radius 2 is 2.20 bits per heavy atom. The molecule has 6 nitrogen and oxygen atoms in total. The molecule has 0 spiro atoms. The number of rotatable bonds is 4. The van der Waals surface area contributed by atoms with E-state index >= 15 is 0 Å². The zero-order valence-corrected chi connectivity index (χ0v) is 11.5. The number of carbonyl (C=O) groups is 1. The number of phenols is 1. The third-order valence-corrected chi connectivity index (χ3v) is 3.03. The molecule has 2 rings (SSSR count). The summed E-state index contributed by atoms with van der Waals surface area (Å²) in [5.41, 5.74) is 0.382. The zero-order valence-electron chi connectivity index (χ0n) is 11.5. The second kappa shape index (κ2) is 5.50. The van der Waals surface area contributed by atoms with Gasteiger partial charge in [0.05, 0.1) is 17.9 Å². The van der Waals surface area contributed by atoms with E-state index in [1.807, 2.05) is 0 Å². The van der Waals surface area contributed by atoms with Gasteiger partial charge in [-0.2, -0.15) is 0 Å². The van der Waals surface area contributed by atoms with Crippen molar-refractivity contribution in [2.45, 2.75) is 31.9 Å². The highest BCUT2D eigenvalue weighted by atomic mass is 16.6. The first-order valence-electron chi connectivity index (χ1n) is 6.37. The number of phenolic OH excluding ortho intramolecular Hbond substituents is 1. The number of aromatic hydroxyl groups is 1. The van der Waals surface area contributed by atoms with Crippen LogP contribution in [-0.2, 0) is 9.63 Å². The topological polar surface area (TPSA) is 91.2 Å². The maximum atomic E-state index is 12.0. The Hall–Kier alpha value is -2.08. The van der Waals surface area contributed by atoms with Crippen LogP contribution < -0.4 is 5.32 Å². The molecule has 0 aromatic heterocycles. The lowest BCUT2D eigenvalue weighted by molar-refractivity contribution is -0.133. The van der Waals surface area contributed by atoms with E-state index in [4.69, 9.17) is 9.94 Å². The quantitative estimate of drug-likeness (QED) is 0.758. The van der Waals surface area contributed by atoms with Crippen LogP contribution in [0.15, 0.2) is 29.4 Å². The van der Waals surface area contributed by atoms with Crippen LogP contribution in [0.25, 0.3) is 0 Å². The monoisotopic (exact) mass is 278 g/mol. The molecule has 1 aromatic carbocycles. The van der Waals surface area contributed by atoms with Gasteiger partial charge in [0.15, 0.2) is 0 Å². The first-order valence-corrected chi connectivity index (χ1v) is 6.37. The van der Waals surface area contributed by atoms with E-state index in [0.29, 0.717) is 11.3 Å². The number of oxime groups is 1. The SMILES string of the molecule is CC(C)(CO)NC(=O)[C@H]1CC(c2ccccc2O)=NO1. The minimum Gasteiger partial charge on any atom is -0.507 e. The highest BCUT2D eigenvalue weighted by molar-refractivity contribution is 6.05. The van der Waals surface area contributed by atoms with Crippen LogP contribution in [0.2, 0.25) is 0 Å². The van der Waals surface area contributed by atoms with Crippen molar-refractivity contribution in [3.63, 3.8) is 0 Å². The molecule has 0 unspecified atom stereocenters. The van der Waals surface area contributed by atoms with Gasteiger partial charge in [0.2, 0.25) is 6.10 Å².